The number of carbonyl (C=O) groups excluding carboxylic acids is 3. The van der Waals surface area contributed by atoms with Gasteiger partial charge >= 0.3 is 5.97 Å². The molecule has 4 atom stereocenters. The molecule has 2 bridgehead atoms. The zero-order chi connectivity index (χ0) is 22.7. The Bertz CT molecular complexity index is 1000. The van der Waals surface area contributed by atoms with Gasteiger partial charge in [-0.05, 0) is 43.2 Å². The molecule has 4 rings (SSSR count). The fourth-order valence-electron chi connectivity index (χ4n) is 5.12. The number of ether oxygens (including phenoxy) is 3. The van der Waals surface area contributed by atoms with Gasteiger partial charge in [-0.2, -0.15) is 0 Å². The number of benzene rings is 2. The molecular formula is C25H27NO6. The zero-order valence-corrected chi connectivity index (χ0v) is 18.2. The largest absolute Gasteiger partial charge is 0.497 e. The van der Waals surface area contributed by atoms with Crippen LogP contribution in [0.25, 0.3) is 0 Å². The van der Waals surface area contributed by atoms with Crippen LogP contribution in [-0.4, -0.2) is 38.5 Å². The smallest absolute Gasteiger partial charge is 0.310 e. The van der Waals surface area contributed by atoms with Crippen LogP contribution in [0, 0.1) is 23.7 Å². The molecule has 7 nitrogen and oxygen atoms in total. The number of carbonyl (C=O) groups is 3. The van der Waals surface area contributed by atoms with E-state index in [0.717, 1.165) is 19.3 Å². The average Bonchev–Trinajstić information content (AvgIpc) is 3.45. The summed E-state index contributed by atoms with van der Waals surface area (Å²) in [6.45, 7) is -0.422. The Morgan fingerprint density at radius 1 is 0.938 bits per heavy atom. The molecule has 0 aromatic heterocycles. The maximum Gasteiger partial charge on any atom is 0.310 e. The number of hydrogen-bond donors (Lipinski definition) is 1. The van der Waals surface area contributed by atoms with Crippen molar-refractivity contribution in [2.45, 2.75) is 19.3 Å². The van der Waals surface area contributed by atoms with E-state index in [0.29, 0.717) is 22.7 Å². The van der Waals surface area contributed by atoms with Gasteiger partial charge in [0, 0.05) is 17.5 Å². The molecule has 2 aromatic rings. The van der Waals surface area contributed by atoms with E-state index in [1.807, 2.05) is 18.2 Å². The summed E-state index contributed by atoms with van der Waals surface area (Å²) in [4.78, 5) is 38.5. The molecular weight excluding hydrogens is 410 g/mol. The second-order valence-electron chi connectivity index (χ2n) is 8.34. The first-order valence-electron chi connectivity index (χ1n) is 10.8. The highest BCUT2D eigenvalue weighted by Crippen LogP contribution is 2.53. The van der Waals surface area contributed by atoms with Crippen LogP contribution in [0.5, 0.6) is 11.5 Å². The molecule has 0 aliphatic heterocycles. The average molecular weight is 437 g/mol. The van der Waals surface area contributed by atoms with Crippen molar-refractivity contribution in [2.75, 3.05) is 26.1 Å². The van der Waals surface area contributed by atoms with Gasteiger partial charge in [0.2, 0.25) is 0 Å². The van der Waals surface area contributed by atoms with Gasteiger partial charge in [-0.1, -0.05) is 30.3 Å². The lowest BCUT2D eigenvalue weighted by Gasteiger charge is -2.28. The van der Waals surface area contributed by atoms with Crippen molar-refractivity contribution in [3.63, 3.8) is 0 Å². The lowest BCUT2D eigenvalue weighted by atomic mass is 9.75. The van der Waals surface area contributed by atoms with Crippen molar-refractivity contribution in [1.82, 2.24) is 0 Å². The number of hydrogen-bond acceptors (Lipinski definition) is 6. The van der Waals surface area contributed by atoms with Crippen molar-refractivity contribution in [2.24, 2.45) is 23.7 Å². The van der Waals surface area contributed by atoms with Gasteiger partial charge in [-0.15, -0.1) is 0 Å². The maximum atomic E-state index is 13.1. The monoisotopic (exact) mass is 437 g/mol. The van der Waals surface area contributed by atoms with Crippen LogP contribution in [0.2, 0.25) is 0 Å². The van der Waals surface area contributed by atoms with Crippen LogP contribution in [-0.2, 0) is 14.3 Å². The second kappa shape index (κ2) is 9.42. The number of ketones is 1. The van der Waals surface area contributed by atoms with Gasteiger partial charge in [0.15, 0.2) is 12.4 Å². The molecule has 0 saturated heterocycles. The third-order valence-electron chi connectivity index (χ3n) is 6.58. The Labute approximate surface area is 187 Å². The highest BCUT2D eigenvalue weighted by molar-refractivity contribution is 6.01. The third-order valence-corrected chi connectivity index (χ3v) is 6.58. The van der Waals surface area contributed by atoms with Gasteiger partial charge in [-0.25, -0.2) is 0 Å². The fourth-order valence-corrected chi connectivity index (χ4v) is 5.12. The van der Waals surface area contributed by atoms with Crippen molar-refractivity contribution in [3.05, 3.63) is 54.1 Å². The van der Waals surface area contributed by atoms with Crippen LogP contribution >= 0.6 is 0 Å². The lowest BCUT2D eigenvalue weighted by Crippen LogP contribution is -2.37. The Balaban J connectivity index is 1.40. The molecule has 32 heavy (non-hydrogen) atoms. The number of Topliss-reactive ketones (excluding diaryl/α,β-unsaturated/α-hetero) is 1. The quantitative estimate of drug-likeness (QED) is 0.500. The zero-order valence-electron chi connectivity index (χ0n) is 18.2. The van der Waals surface area contributed by atoms with E-state index in [9.17, 15) is 14.4 Å². The summed E-state index contributed by atoms with van der Waals surface area (Å²) in [5, 5.41) is 2.69. The summed E-state index contributed by atoms with van der Waals surface area (Å²) >= 11 is 0. The van der Waals surface area contributed by atoms with Crippen molar-refractivity contribution >= 4 is 23.3 Å². The van der Waals surface area contributed by atoms with E-state index >= 15 is 0 Å². The number of methoxy groups -OCH3 is 2. The fraction of sp³-hybridized carbons (Fsp3) is 0.400. The molecule has 1 N–H and O–H groups in total. The first-order valence-corrected chi connectivity index (χ1v) is 10.8. The highest BCUT2D eigenvalue weighted by atomic mass is 16.5. The summed E-state index contributed by atoms with van der Waals surface area (Å²) in [7, 11) is 3.03. The summed E-state index contributed by atoms with van der Waals surface area (Å²) in [6.07, 6.45) is 2.73. The van der Waals surface area contributed by atoms with Crippen LogP contribution in [0.1, 0.15) is 29.6 Å². The maximum absolute atomic E-state index is 13.1. The lowest BCUT2D eigenvalue weighted by molar-refractivity contribution is -0.154. The van der Waals surface area contributed by atoms with Crippen molar-refractivity contribution in [1.29, 1.82) is 0 Å². The molecule has 0 unspecified atom stereocenters. The number of nitrogens with one attached hydrogen (secondary N) is 1. The van der Waals surface area contributed by atoms with E-state index in [-0.39, 0.29) is 23.5 Å². The highest BCUT2D eigenvalue weighted by Gasteiger charge is 2.54. The summed E-state index contributed by atoms with van der Waals surface area (Å²) in [6, 6.07) is 14.1. The number of anilines is 1. The van der Waals surface area contributed by atoms with Crippen LogP contribution in [0.4, 0.5) is 5.69 Å². The predicted molar refractivity (Wildman–Crippen MR) is 118 cm³/mol. The standard InChI is InChI=1S/C25H27NO6/c1-30-18-10-11-19(20(13-18)31-2)26-21(27)14-32-25(29)23-17-9-8-16(12-17)22(23)24(28)15-6-4-3-5-7-15/h3-7,10-11,13,16-17,22-23H,8-9,12,14H2,1-2H3,(H,26,27)/t16-,17-,22-,23+/m0/s1. The number of fused-ring (bicyclic) bond motifs is 2. The van der Waals surface area contributed by atoms with E-state index in [4.69, 9.17) is 14.2 Å². The number of esters is 1. The SMILES string of the molecule is COc1ccc(NC(=O)COC(=O)[C@@H]2[C@H]3CC[C@@H](C3)[C@@H]2C(=O)c2ccccc2)c(OC)c1. The minimum absolute atomic E-state index is 0.00725. The molecule has 168 valence electrons. The molecule has 2 aliphatic rings. The van der Waals surface area contributed by atoms with Crippen LogP contribution in [0.3, 0.4) is 0 Å². The van der Waals surface area contributed by atoms with E-state index in [1.54, 1.807) is 30.3 Å². The summed E-state index contributed by atoms with van der Waals surface area (Å²) < 4.78 is 15.8. The first kappa shape index (κ1) is 21.9. The van der Waals surface area contributed by atoms with E-state index < -0.39 is 24.4 Å². The van der Waals surface area contributed by atoms with Gasteiger partial charge in [-0.3, -0.25) is 14.4 Å². The summed E-state index contributed by atoms with van der Waals surface area (Å²) in [5.74, 6) is -0.468. The predicted octanol–water partition coefficient (Wildman–Crippen LogP) is 3.73. The Hall–Kier alpha value is -3.35. The molecule has 2 saturated carbocycles. The van der Waals surface area contributed by atoms with Crippen LogP contribution < -0.4 is 14.8 Å². The topological polar surface area (TPSA) is 90.9 Å². The minimum Gasteiger partial charge on any atom is -0.497 e. The normalized spacial score (nSPS) is 23.4. The van der Waals surface area contributed by atoms with Gasteiger partial charge in [0.05, 0.1) is 25.8 Å². The second-order valence-corrected chi connectivity index (χ2v) is 8.34. The van der Waals surface area contributed by atoms with Crippen LogP contribution in [0.15, 0.2) is 48.5 Å². The van der Waals surface area contributed by atoms with Gasteiger partial charge in [0.25, 0.3) is 5.91 Å². The van der Waals surface area contributed by atoms with Gasteiger partial charge < -0.3 is 19.5 Å². The molecule has 0 radical (unpaired) electrons. The van der Waals surface area contributed by atoms with Crippen molar-refractivity contribution < 1.29 is 28.6 Å². The Kier molecular flexibility index (Phi) is 6.44. The van der Waals surface area contributed by atoms with Crippen molar-refractivity contribution in [3.8, 4) is 11.5 Å². The third kappa shape index (κ3) is 4.33. The molecule has 1 amide bonds. The Morgan fingerprint density at radius 2 is 1.66 bits per heavy atom. The molecule has 0 heterocycles. The molecule has 7 heteroatoms. The first-order chi connectivity index (χ1) is 15.5. The number of rotatable bonds is 8. The minimum atomic E-state index is -0.496. The Morgan fingerprint density at radius 3 is 2.34 bits per heavy atom. The van der Waals surface area contributed by atoms with E-state index in [2.05, 4.69) is 5.32 Å². The van der Waals surface area contributed by atoms with E-state index in [1.165, 1.54) is 14.2 Å². The molecule has 2 aliphatic carbocycles. The number of amides is 1. The van der Waals surface area contributed by atoms with Gasteiger partial charge in [0.1, 0.15) is 11.5 Å². The molecule has 2 fully saturated rings. The molecule has 2 aromatic carbocycles. The summed E-state index contributed by atoms with van der Waals surface area (Å²) in [5.41, 5.74) is 1.07. The molecule has 0 spiro atoms.